The van der Waals surface area contributed by atoms with Gasteiger partial charge in [0, 0.05) is 37.3 Å². The summed E-state index contributed by atoms with van der Waals surface area (Å²) in [5, 5.41) is 0. The molecule has 2 aliphatic heterocycles. The molecule has 2 aromatic rings. The Kier molecular flexibility index (Phi) is 4.14. The molecule has 7 nitrogen and oxygen atoms in total. The monoisotopic (exact) mass is 369 g/mol. The number of benzene rings is 2. The number of nitrogens with zero attached hydrogens (tertiary/aromatic N) is 1. The van der Waals surface area contributed by atoms with Crippen molar-refractivity contribution in [2.75, 3.05) is 32.4 Å². The summed E-state index contributed by atoms with van der Waals surface area (Å²) in [6.07, 6.45) is 0.825. The van der Waals surface area contributed by atoms with Crippen LogP contribution in [-0.2, 0) is 16.0 Å². The van der Waals surface area contributed by atoms with Crippen LogP contribution < -0.4 is 19.1 Å². The summed E-state index contributed by atoms with van der Waals surface area (Å²) in [6.45, 7) is 2.30. The largest absolute Gasteiger partial charge is 0.465 e. The van der Waals surface area contributed by atoms with Crippen LogP contribution in [-0.4, -0.2) is 39.4 Å². The zero-order valence-electron chi connectivity index (χ0n) is 15.3. The number of carbonyl (C=O) groups excluding carboxylic acids is 2. The summed E-state index contributed by atoms with van der Waals surface area (Å²) in [5.41, 5.74) is 3.84. The van der Waals surface area contributed by atoms with Crippen LogP contribution in [0.2, 0.25) is 0 Å². The van der Waals surface area contributed by atoms with Crippen LogP contribution in [0.5, 0.6) is 17.2 Å². The molecule has 140 valence electrons. The fourth-order valence-corrected chi connectivity index (χ4v) is 3.58. The molecule has 0 spiro atoms. The van der Waals surface area contributed by atoms with Crippen molar-refractivity contribution in [1.82, 2.24) is 0 Å². The smallest absolute Gasteiger partial charge is 0.338 e. The average molecular weight is 369 g/mol. The summed E-state index contributed by atoms with van der Waals surface area (Å²) in [4.78, 5) is 26.0. The lowest BCUT2D eigenvalue weighted by molar-refractivity contribution is -0.131. The number of hydrogen-bond donors (Lipinski definition) is 0. The van der Waals surface area contributed by atoms with Crippen LogP contribution in [0.15, 0.2) is 24.3 Å². The minimum Gasteiger partial charge on any atom is -0.465 e. The molecule has 2 aromatic carbocycles. The van der Waals surface area contributed by atoms with Gasteiger partial charge >= 0.3 is 11.9 Å². The molecule has 0 atom stereocenters. The molecule has 0 bridgehead atoms. The highest BCUT2D eigenvalue weighted by Crippen LogP contribution is 2.45. The molecular weight excluding hydrogens is 350 g/mol. The fraction of sp³-hybridized carbons (Fsp3) is 0.300. The summed E-state index contributed by atoms with van der Waals surface area (Å²) in [5.74, 6) is 0.631. The van der Waals surface area contributed by atoms with Crippen LogP contribution in [0.3, 0.4) is 0 Å². The molecule has 0 N–H and O–H groups in total. The van der Waals surface area contributed by atoms with Crippen LogP contribution in [0.1, 0.15) is 22.8 Å². The highest BCUT2D eigenvalue weighted by Gasteiger charge is 2.28. The van der Waals surface area contributed by atoms with Gasteiger partial charge in [-0.05, 0) is 36.2 Å². The van der Waals surface area contributed by atoms with Crippen molar-refractivity contribution in [2.45, 2.75) is 13.3 Å². The second kappa shape index (κ2) is 6.50. The maximum absolute atomic E-state index is 12.4. The Morgan fingerprint density at radius 3 is 2.52 bits per heavy atom. The van der Waals surface area contributed by atoms with E-state index in [1.807, 2.05) is 13.1 Å². The van der Waals surface area contributed by atoms with E-state index in [9.17, 15) is 9.59 Å². The number of ether oxygens (including phenoxy) is 4. The molecule has 0 amide bonds. The normalized spacial score (nSPS) is 14.1. The predicted molar refractivity (Wildman–Crippen MR) is 97.6 cm³/mol. The Morgan fingerprint density at radius 1 is 1.07 bits per heavy atom. The van der Waals surface area contributed by atoms with Gasteiger partial charge in [-0.2, -0.15) is 0 Å². The minimum atomic E-state index is -0.476. The Bertz CT molecular complexity index is 952. The van der Waals surface area contributed by atoms with E-state index >= 15 is 0 Å². The van der Waals surface area contributed by atoms with E-state index in [2.05, 4.69) is 4.90 Å². The zero-order chi connectivity index (χ0) is 19.1. The molecule has 27 heavy (non-hydrogen) atoms. The lowest BCUT2D eigenvalue weighted by Gasteiger charge is -2.20. The second-order valence-electron chi connectivity index (χ2n) is 6.49. The molecule has 0 aliphatic carbocycles. The summed E-state index contributed by atoms with van der Waals surface area (Å²) in [7, 11) is 3.33. The van der Waals surface area contributed by atoms with Crippen molar-refractivity contribution in [1.29, 1.82) is 0 Å². The van der Waals surface area contributed by atoms with E-state index in [0.717, 1.165) is 29.8 Å². The average Bonchev–Trinajstić information content (AvgIpc) is 3.25. The summed E-state index contributed by atoms with van der Waals surface area (Å²) in [6, 6.07) is 7.04. The van der Waals surface area contributed by atoms with Gasteiger partial charge in [-0.1, -0.05) is 0 Å². The quantitative estimate of drug-likeness (QED) is 0.608. The fourth-order valence-electron chi connectivity index (χ4n) is 3.58. The van der Waals surface area contributed by atoms with Gasteiger partial charge in [0.05, 0.1) is 12.7 Å². The first-order valence-corrected chi connectivity index (χ1v) is 8.56. The molecule has 0 fully saturated rings. The Labute approximate surface area is 156 Å². The van der Waals surface area contributed by atoms with E-state index in [1.54, 1.807) is 18.2 Å². The minimum absolute atomic E-state index is 0.102. The number of carbonyl (C=O) groups is 2. The molecule has 0 aromatic heterocycles. The molecule has 0 radical (unpaired) electrons. The maximum atomic E-state index is 12.4. The lowest BCUT2D eigenvalue weighted by atomic mass is 9.95. The Morgan fingerprint density at radius 2 is 1.81 bits per heavy atom. The van der Waals surface area contributed by atoms with Crippen molar-refractivity contribution in [3.63, 3.8) is 0 Å². The molecule has 7 heteroatoms. The van der Waals surface area contributed by atoms with Crippen molar-refractivity contribution in [2.24, 2.45) is 0 Å². The van der Waals surface area contributed by atoms with Crippen LogP contribution >= 0.6 is 0 Å². The molecule has 0 saturated heterocycles. The highest BCUT2D eigenvalue weighted by molar-refractivity contribution is 6.01. The molecular formula is C20H19NO6. The standard InChI is InChI=1S/C20H19NO6/c1-11(22)27-13-6-12-4-5-21(2)19(12)15(7-13)14-8-17-18(26-10-25-17)9-16(14)20(23)24-3/h6-9H,4-5,10H2,1-3H3. The van der Waals surface area contributed by atoms with E-state index in [1.165, 1.54) is 14.0 Å². The first kappa shape index (κ1) is 17.2. The predicted octanol–water partition coefficient (Wildman–Crippen LogP) is 2.79. The van der Waals surface area contributed by atoms with Gasteiger partial charge in [-0.25, -0.2) is 4.79 Å². The maximum Gasteiger partial charge on any atom is 0.338 e. The molecule has 4 rings (SSSR count). The zero-order valence-corrected chi connectivity index (χ0v) is 15.3. The van der Waals surface area contributed by atoms with E-state index < -0.39 is 11.9 Å². The first-order valence-electron chi connectivity index (χ1n) is 8.56. The van der Waals surface area contributed by atoms with Crippen LogP contribution in [0.4, 0.5) is 5.69 Å². The van der Waals surface area contributed by atoms with E-state index in [-0.39, 0.29) is 6.79 Å². The van der Waals surface area contributed by atoms with Gasteiger partial charge in [-0.15, -0.1) is 0 Å². The van der Waals surface area contributed by atoms with Crippen LogP contribution in [0.25, 0.3) is 11.1 Å². The van der Waals surface area contributed by atoms with Gasteiger partial charge in [0.25, 0.3) is 0 Å². The Balaban J connectivity index is 1.96. The van der Waals surface area contributed by atoms with Crippen LogP contribution in [0, 0.1) is 0 Å². The third kappa shape index (κ3) is 2.95. The number of hydrogen-bond acceptors (Lipinski definition) is 7. The number of rotatable bonds is 3. The highest BCUT2D eigenvalue weighted by atomic mass is 16.7. The van der Waals surface area contributed by atoms with Crippen molar-refractivity contribution in [3.8, 4) is 28.4 Å². The first-order chi connectivity index (χ1) is 13.0. The number of anilines is 1. The number of esters is 2. The summed E-state index contributed by atoms with van der Waals surface area (Å²) >= 11 is 0. The molecule has 2 heterocycles. The van der Waals surface area contributed by atoms with Gasteiger partial charge < -0.3 is 23.8 Å². The van der Waals surface area contributed by atoms with Crippen molar-refractivity contribution < 1.29 is 28.5 Å². The lowest BCUT2D eigenvalue weighted by Crippen LogP contribution is -2.14. The van der Waals surface area contributed by atoms with Gasteiger partial charge in [-0.3, -0.25) is 4.79 Å². The SMILES string of the molecule is COC(=O)c1cc2c(cc1-c1cc(OC(C)=O)cc3c1N(C)CC3)OCO2. The van der Waals surface area contributed by atoms with E-state index in [0.29, 0.717) is 28.4 Å². The third-order valence-electron chi connectivity index (χ3n) is 4.73. The molecule has 0 unspecified atom stereocenters. The second-order valence-corrected chi connectivity index (χ2v) is 6.49. The van der Waals surface area contributed by atoms with Crippen molar-refractivity contribution >= 4 is 17.6 Å². The van der Waals surface area contributed by atoms with E-state index in [4.69, 9.17) is 18.9 Å². The van der Waals surface area contributed by atoms with Gasteiger partial charge in [0.2, 0.25) is 6.79 Å². The van der Waals surface area contributed by atoms with Gasteiger partial charge in [0.15, 0.2) is 11.5 Å². The summed E-state index contributed by atoms with van der Waals surface area (Å²) < 4.78 is 21.2. The molecule has 0 saturated carbocycles. The Hall–Kier alpha value is -3.22. The topological polar surface area (TPSA) is 74.3 Å². The number of likely N-dealkylation sites (N-methyl/N-ethyl adjacent to an activating group) is 1. The number of methoxy groups -OCH3 is 1. The van der Waals surface area contributed by atoms with Gasteiger partial charge in [0.1, 0.15) is 5.75 Å². The molecule has 2 aliphatic rings. The third-order valence-corrected chi connectivity index (χ3v) is 4.73. The number of fused-ring (bicyclic) bond motifs is 2. The van der Waals surface area contributed by atoms with Crippen molar-refractivity contribution in [3.05, 3.63) is 35.4 Å².